The predicted octanol–water partition coefficient (Wildman–Crippen LogP) is 1.71. The van der Waals surface area contributed by atoms with E-state index < -0.39 is 0 Å². The van der Waals surface area contributed by atoms with E-state index in [0.29, 0.717) is 4.88 Å². The zero-order valence-electron chi connectivity index (χ0n) is 11.5. The number of amides is 1. The third-order valence-electron chi connectivity index (χ3n) is 3.48. The van der Waals surface area contributed by atoms with Crippen LogP contribution in [0.25, 0.3) is 0 Å². The summed E-state index contributed by atoms with van der Waals surface area (Å²) in [7, 11) is 0. The van der Waals surface area contributed by atoms with E-state index in [1.807, 2.05) is 6.92 Å². The number of aromatic nitrogens is 2. The number of nitrogens with zero attached hydrogens (tertiary/aromatic N) is 3. The molecule has 6 heteroatoms. The lowest BCUT2D eigenvalue weighted by Crippen LogP contribution is -2.33. The number of aryl methyl sites for hydroxylation is 1. The molecule has 106 valence electrons. The molecule has 0 spiro atoms. The van der Waals surface area contributed by atoms with Gasteiger partial charge in [-0.05, 0) is 56.9 Å². The van der Waals surface area contributed by atoms with Crippen LogP contribution in [0.1, 0.15) is 48.0 Å². The zero-order chi connectivity index (χ0) is 13.5. The maximum Gasteiger partial charge on any atom is 0.264 e. The van der Waals surface area contributed by atoms with Crippen molar-refractivity contribution in [2.75, 3.05) is 26.2 Å². The molecule has 1 saturated heterocycles. The largest absolute Gasteiger partial charge is 0.351 e. The number of piperidine rings is 1. The minimum Gasteiger partial charge on any atom is -0.351 e. The van der Waals surface area contributed by atoms with Crippen molar-refractivity contribution in [3.8, 4) is 0 Å². The molecule has 1 aromatic heterocycles. The standard InChI is InChI=1S/C13H22N4OS/c1-2-11-12(19-16-15-11)13(18)14-7-6-10-17-8-4-3-5-9-17/h2-10H2,1H3,(H,14,18). The molecule has 1 N–H and O–H groups in total. The van der Waals surface area contributed by atoms with Gasteiger partial charge < -0.3 is 10.2 Å². The highest BCUT2D eigenvalue weighted by Gasteiger charge is 2.14. The van der Waals surface area contributed by atoms with Crippen molar-refractivity contribution in [3.05, 3.63) is 10.6 Å². The molecule has 1 amide bonds. The summed E-state index contributed by atoms with van der Waals surface area (Å²) in [6.07, 6.45) is 5.77. The number of hydrogen-bond acceptors (Lipinski definition) is 5. The molecule has 0 atom stereocenters. The van der Waals surface area contributed by atoms with Gasteiger partial charge in [0, 0.05) is 6.54 Å². The Balaban J connectivity index is 1.66. The molecule has 0 aromatic carbocycles. The van der Waals surface area contributed by atoms with E-state index in [0.717, 1.165) is 31.6 Å². The molecule has 1 aromatic rings. The molecule has 2 rings (SSSR count). The fourth-order valence-electron chi connectivity index (χ4n) is 2.38. The number of likely N-dealkylation sites (tertiary alicyclic amines) is 1. The predicted molar refractivity (Wildman–Crippen MR) is 76.5 cm³/mol. The highest BCUT2D eigenvalue weighted by molar-refractivity contribution is 7.08. The lowest BCUT2D eigenvalue weighted by atomic mass is 10.1. The fourth-order valence-corrected chi connectivity index (χ4v) is 3.05. The summed E-state index contributed by atoms with van der Waals surface area (Å²) in [6.45, 7) is 6.24. The highest BCUT2D eigenvalue weighted by atomic mass is 32.1. The van der Waals surface area contributed by atoms with Crippen LogP contribution in [-0.4, -0.2) is 46.6 Å². The first-order valence-corrected chi connectivity index (χ1v) is 7.90. The smallest absolute Gasteiger partial charge is 0.264 e. The van der Waals surface area contributed by atoms with Gasteiger partial charge in [-0.25, -0.2) is 0 Å². The molecule has 1 fully saturated rings. The number of nitrogens with one attached hydrogen (secondary N) is 1. The van der Waals surface area contributed by atoms with Gasteiger partial charge in [-0.3, -0.25) is 4.79 Å². The average molecular weight is 282 g/mol. The van der Waals surface area contributed by atoms with Gasteiger partial charge in [-0.2, -0.15) is 0 Å². The van der Waals surface area contributed by atoms with Crippen LogP contribution in [-0.2, 0) is 6.42 Å². The van der Waals surface area contributed by atoms with Crippen LogP contribution in [0.4, 0.5) is 0 Å². The van der Waals surface area contributed by atoms with Crippen LogP contribution in [0, 0.1) is 0 Å². The molecule has 1 aliphatic rings. The Morgan fingerprint density at radius 3 is 2.89 bits per heavy atom. The number of carbonyl (C=O) groups is 1. The maximum atomic E-state index is 11.9. The van der Waals surface area contributed by atoms with Gasteiger partial charge in [-0.1, -0.05) is 17.8 Å². The number of carbonyl (C=O) groups excluding carboxylic acids is 1. The second-order valence-electron chi connectivity index (χ2n) is 4.91. The molecule has 0 radical (unpaired) electrons. The topological polar surface area (TPSA) is 58.1 Å². The van der Waals surface area contributed by atoms with E-state index in [-0.39, 0.29) is 5.91 Å². The van der Waals surface area contributed by atoms with Crippen LogP contribution >= 0.6 is 11.5 Å². The highest BCUT2D eigenvalue weighted by Crippen LogP contribution is 2.11. The van der Waals surface area contributed by atoms with Crippen LogP contribution < -0.4 is 5.32 Å². The first kappa shape index (κ1) is 14.4. The summed E-state index contributed by atoms with van der Waals surface area (Å²) in [5.41, 5.74) is 0.804. The lowest BCUT2D eigenvalue weighted by Gasteiger charge is -2.26. The molecular formula is C13H22N4OS. The van der Waals surface area contributed by atoms with Crippen molar-refractivity contribution >= 4 is 17.4 Å². The first-order valence-electron chi connectivity index (χ1n) is 7.13. The van der Waals surface area contributed by atoms with E-state index in [9.17, 15) is 4.79 Å². The minimum absolute atomic E-state index is 0.0227. The molecule has 2 heterocycles. The molecule has 0 bridgehead atoms. The van der Waals surface area contributed by atoms with Gasteiger partial charge >= 0.3 is 0 Å². The fraction of sp³-hybridized carbons (Fsp3) is 0.769. The number of hydrogen-bond donors (Lipinski definition) is 1. The van der Waals surface area contributed by atoms with Crippen LogP contribution in [0.2, 0.25) is 0 Å². The summed E-state index contributed by atoms with van der Waals surface area (Å²) >= 11 is 1.18. The third kappa shape index (κ3) is 4.24. The maximum absolute atomic E-state index is 11.9. The second kappa shape index (κ2) is 7.55. The second-order valence-corrected chi connectivity index (χ2v) is 5.67. The SMILES string of the molecule is CCc1nnsc1C(=O)NCCCN1CCCCC1. The van der Waals surface area contributed by atoms with Gasteiger partial charge in [0.15, 0.2) is 0 Å². The van der Waals surface area contributed by atoms with Gasteiger partial charge in [-0.15, -0.1) is 5.10 Å². The average Bonchev–Trinajstić information content (AvgIpc) is 2.93. The van der Waals surface area contributed by atoms with Gasteiger partial charge in [0.1, 0.15) is 4.88 Å². The Bertz CT molecular complexity index is 401. The monoisotopic (exact) mass is 282 g/mol. The minimum atomic E-state index is -0.0227. The van der Waals surface area contributed by atoms with Gasteiger partial charge in [0.25, 0.3) is 5.91 Å². The Hall–Kier alpha value is -1.01. The molecule has 1 aliphatic heterocycles. The molecule has 5 nitrogen and oxygen atoms in total. The molecular weight excluding hydrogens is 260 g/mol. The Morgan fingerprint density at radius 1 is 1.37 bits per heavy atom. The van der Waals surface area contributed by atoms with Crippen LogP contribution in [0.5, 0.6) is 0 Å². The van der Waals surface area contributed by atoms with Gasteiger partial charge in [0.2, 0.25) is 0 Å². The summed E-state index contributed by atoms with van der Waals surface area (Å²) < 4.78 is 3.84. The van der Waals surface area contributed by atoms with Crippen molar-refractivity contribution in [2.24, 2.45) is 0 Å². The summed E-state index contributed by atoms with van der Waals surface area (Å²) in [6, 6.07) is 0. The van der Waals surface area contributed by atoms with E-state index >= 15 is 0 Å². The Morgan fingerprint density at radius 2 is 2.16 bits per heavy atom. The van der Waals surface area contributed by atoms with Crippen LogP contribution in [0.3, 0.4) is 0 Å². The van der Waals surface area contributed by atoms with Crippen molar-refractivity contribution in [1.82, 2.24) is 19.8 Å². The van der Waals surface area contributed by atoms with Crippen LogP contribution in [0.15, 0.2) is 0 Å². The summed E-state index contributed by atoms with van der Waals surface area (Å²) in [5.74, 6) is -0.0227. The molecule has 19 heavy (non-hydrogen) atoms. The number of rotatable bonds is 6. The first-order chi connectivity index (χ1) is 9.31. The van der Waals surface area contributed by atoms with Crippen molar-refractivity contribution in [3.63, 3.8) is 0 Å². The van der Waals surface area contributed by atoms with E-state index in [1.54, 1.807) is 0 Å². The van der Waals surface area contributed by atoms with Crippen molar-refractivity contribution in [2.45, 2.75) is 39.0 Å². The van der Waals surface area contributed by atoms with E-state index in [1.165, 1.54) is 43.9 Å². The Kier molecular flexibility index (Phi) is 5.72. The molecule has 0 aliphatic carbocycles. The normalized spacial score (nSPS) is 16.5. The quantitative estimate of drug-likeness (QED) is 0.807. The summed E-state index contributed by atoms with van der Waals surface area (Å²) in [4.78, 5) is 15.1. The lowest BCUT2D eigenvalue weighted by molar-refractivity contribution is 0.0954. The third-order valence-corrected chi connectivity index (χ3v) is 4.25. The van der Waals surface area contributed by atoms with Crippen molar-refractivity contribution < 1.29 is 4.79 Å². The molecule has 0 saturated carbocycles. The van der Waals surface area contributed by atoms with E-state index in [4.69, 9.17) is 0 Å². The van der Waals surface area contributed by atoms with Crippen molar-refractivity contribution in [1.29, 1.82) is 0 Å². The molecule has 0 unspecified atom stereocenters. The zero-order valence-corrected chi connectivity index (χ0v) is 12.3. The van der Waals surface area contributed by atoms with Gasteiger partial charge in [0.05, 0.1) is 5.69 Å². The Labute approximate surface area is 118 Å². The summed E-state index contributed by atoms with van der Waals surface area (Å²) in [5, 5.41) is 6.92. The van der Waals surface area contributed by atoms with E-state index in [2.05, 4.69) is 19.8 Å².